The zero-order valence-electron chi connectivity index (χ0n) is 9.01. The molecule has 2 rings (SSSR count). The molecular formula is C12H8FNO3S. The SMILES string of the molecule is O=C(Nc1ccsc1C(=O)O)c1ccc(F)cc1. The van der Waals surface area contributed by atoms with Crippen LogP contribution in [-0.4, -0.2) is 17.0 Å². The van der Waals surface area contributed by atoms with E-state index in [-0.39, 0.29) is 16.1 Å². The lowest BCUT2D eigenvalue weighted by Crippen LogP contribution is -2.13. The molecule has 1 heterocycles. The van der Waals surface area contributed by atoms with E-state index in [2.05, 4.69) is 5.32 Å². The Hall–Kier alpha value is -2.21. The second kappa shape index (κ2) is 4.97. The van der Waals surface area contributed by atoms with E-state index in [0.29, 0.717) is 0 Å². The molecule has 1 amide bonds. The monoisotopic (exact) mass is 265 g/mol. The quantitative estimate of drug-likeness (QED) is 0.896. The predicted octanol–water partition coefficient (Wildman–Crippen LogP) is 2.84. The van der Waals surface area contributed by atoms with Crippen molar-refractivity contribution in [3.8, 4) is 0 Å². The molecule has 0 radical (unpaired) electrons. The number of carboxylic acid groups (broad SMARTS) is 1. The average Bonchev–Trinajstić information content (AvgIpc) is 2.78. The van der Waals surface area contributed by atoms with Crippen LogP contribution in [0.4, 0.5) is 10.1 Å². The van der Waals surface area contributed by atoms with Crippen LogP contribution in [0.3, 0.4) is 0 Å². The standard InChI is InChI=1S/C12H8FNO3S/c13-8-3-1-7(2-4-8)11(15)14-9-5-6-18-10(9)12(16)17/h1-6H,(H,14,15)(H,16,17). The molecule has 6 heteroatoms. The maximum Gasteiger partial charge on any atom is 0.348 e. The highest BCUT2D eigenvalue weighted by molar-refractivity contribution is 7.12. The van der Waals surface area contributed by atoms with Gasteiger partial charge in [-0.3, -0.25) is 4.79 Å². The smallest absolute Gasteiger partial charge is 0.348 e. The lowest BCUT2D eigenvalue weighted by Gasteiger charge is -2.04. The maximum atomic E-state index is 12.7. The van der Waals surface area contributed by atoms with E-state index in [1.54, 1.807) is 5.38 Å². The van der Waals surface area contributed by atoms with Gasteiger partial charge in [-0.25, -0.2) is 9.18 Å². The fourth-order valence-electron chi connectivity index (χ4n) is 1.37. The number of carboxylic acids is 1. The summed E-state index contributed by atoms with van der Waals surface area (Å²) in [5.74, 6) is -2.01. The molecule has 0 saturated carbocycles. The molecular weight excluding hydrogens is 257 g/mol. The number of amides is 1. The fourth-order valence-corrected chi connectivity index (χ4v) is 2.06. The molecule has 0 spiro atoms. The molecule has 0 atom stereocenters. The Bertz CT molecular complexity index is 592. The summed E-state index contributed by atoms with van der Waals surface area (Å²) in [6.07, 6.45) is 0. The van der Waals surface area contributed by atoms with Gasteiger partial charge in [-0.2, -0.15) is 0 Å². The minimum atomic E-state index is -1.10. The normalized spacial score (nSPS) is 10.1. The second-order valence-electron chi connectivity index (χ2n) is 3.43. The molecule has 1 aromatic carbocycles. The average molecular weight is 265 g/mol. The Kier molecular flexibility index (Phi) is 3.38. The summed E-state index contributed by atoms with van der Waals surface area (Å²) >= 11 is 1.02. The number of rotatable bonds is 3. The van der Waals surface area contributed by atoms with Crippen LogP contribution in [0.1, 0.15) is 20.0 Å². The van der Waals surface area contributed by atoms with Crippen LogP contribution < -0.4 is 5.32 Å². The summed E-state index contributed by atoms with van der Waals surface area (Å²) in [5.41, 5.74) is 0.501. The highest BCUT2D eigenvalue weighted by Crippen LogP contribution is 2.22. The zero-order valence-corrected chi connectivity index (χ0v) is 9.83. The number of anilines is 1. The van der Waals surface area contributed by atoms with E-state index in [1.165, 1.54) is 30.3 Å². The third-order valence-electron chi connectivity index (χ3n) is 2.21. The summed E-state index contributed by atoms with van der Waals surface area (Å²) in [6.45, 7) is 0. The highest BCUT2D eigenvalue weighted by atomic mass is 32.1. The molecule has 0 aliphatic heterocycles. The molecule has 0 fully saturated rings. The van der Waals surface area contributed by atoms with Gasteiger partial charge in [0.05, 0.1) is 5.69 Å². The van der Waals surface area contributed by atoms with Gasteiger partial charge in [0.1, 0.15) is 10.7 Å². The number of thiophene rings is 1. The van der Waals surface area contributed by atoms with Crippen molar-refractivity contribution < 1.29 is 19.1 Å². The predicted molar refractivity (Wildman–Crippen MR) is 65.6 cm³/mol. The summed E-state index contributed by atoms with van der Waals surface area (Å²) in [7, 11) is 0. The van der Waals surface area contributed by atoms with Crippen molar-refractivity contribution >= 4 is 28.9 Å². The molecule has 2 aromatic rings. The molecule has 92 valence electrons. The Balaban J connectivity index is 2.19. The molecule has 0 bridgehead atoms. The van der Waals surface area contributed by atoms with Crippen LogP contribution >= 0.6 is 11.3 Å². The van der Waals surface area contributed by atoms with Crippen LogP contribution in [0.25, 0.3) is 0 Å². The van der Waals surface area contributed by atoms with Gasteiger partial charge >= 0.3 is 5.97 Å². The number of halogens is 1. The molecule has 0 aliphatic rings. The van der Waals surface area contributed by atoms with Crippen LogP contribution in [0.5, 0.6) is 0 Å². The van der Waals surface area contributed by atoms with E-state index in [0.717, 1.165) is 11.3 Å². The molecule has 4 nitrogen and oxygen atoms in total. The zero-order chi connectivity index (χ0) is 13.1. The fraction of sp³-hybridized carbons (Fsp3) is 0. The number of hydrogen-bond donors (Lipinski definition) is 2. The molecule has 0 aliphatic carbocycles. The van der Waals surface area contributed by atoms with Crippen LogP contribution in [0.2, 0.25) is 0 Å². The van der Waals surface area contributed by atoms with E-state index in [1.807, 2.05) is 0 Å². The molecule has 0 saturated heterocycles. The summed E-state index contributed by atoms with van der Waals surface area (Å²) < 4.78 is 12.7. The van der Waals surface area contributed by atoms with Crippen LogP contribution in [0, 0.1) is 5.82 Å². The van der Waals surface area contributed by atoms with Crippen molar-refractivity contribution in [1.29, 1.82) is 0 Å². The van der Waals surface area contributed by atoms with E-state index < -0.39 is 17.7 Å². The number of aromatic carboxylic acids is 1. The molecule has 0 unspecified atom stereocenters. The highest BCUT2D eigenvalue weighted by Gasteiger charge is 2.14. The van der Waals surface area contributed by atoms with Crippen LogP contribution in [0.15, 0.2) is 35.7 Å². The van der Waals surface area contributed by atoms with Crippen LogP contribution in [-0.2, 0) is 0 Å². The number of hydrogen-bond acceptors (Lipinski definition) is 3. The molecule has 18 heavy (non-hydrogen) atoms. The first-order chi connectivity index (χ1) is 8.58. The van der Waals surface area contributed by atoms with Crippen molar-refractivity contribution in [2.75, 3.05) is 5.32 Å². The lowest BCUT2D eigenvalue weighted by molar-refractivity contribution is 0.0703. The summed E-state index contributed by atoms with van der Waals surface area (Å²) in [5, 5.41) is 12.9. The van der Waals surface area contributed by atoms with Gasteiger partial charge in [0, 0.05) is 5.56 Å². The second-order valence-corrected chi connectivity index (χ2v) is 4.35. The minimum absolute atomic E-state index is 0.0606. The van der Waals surface area contributed by atoms with Crippen molar-refractivity contribution in [1.82, 2.24) is 0 Å². The molecule has 2 N–H and O–H groups in total. The number of carbonyl (C=O) groups is 2. The Labute approximate surface area is 106 Å². The van der Waals surface area contributed by atoms with Crippen molar-refractivity contribution in [3.63, 3.8) is 0 Å². The van der Waals surface area contributed by atoms with E-state index >= 15 is 0 Å². The van der Waals surface area contributed by atoms with Gasteiger partial charge in [0.15, 0.2) is 0 Å². The third-order valence-corrected chi connectivity index (χ3v) is 3.12. The van der Waals surface area contributed by atoms with Gasteiger partial charge in [0.2, 0.25) is 0 Å². The largest absolute Gasteiger partial charge is 0.477 e. The first-order valence-electron chi connectivity index (χ1n) is 4.95. The van der Waals surface area contributed by atoms with Crippen molar-refractivity contribution in [3.05, 3.63) is 52.0 Å². The van der Waals surface area contributed by atoms with E-state index in [4.69, 9.17) is 5.11 Å². The van der Waals surface area contributed by atoms with Gasteiger partial charge < -0.3 is 10.4 Å². The molecule has 1 aromatic heterocycles. The summed E-state index contributed by atoms with van der Waals surface area (Å²) in [4.78, 5) is 22.7. The summed E-state index contributed by atoms with van der Waals surface area (Å²) in [6, 6.07) is 6.51. The lowest BCUT2D eigenvalue weighted by atomic mass is 10.2. The van der Waals surface area contributed by atoms with Gasteiger partial charge in [-0.05, 0) is 35.7 Å². The van der Waals surface area contributed by atoms with Crippen molar-refractivity contribution in [2.24, 2.45) is 0 Å². The third kappa shape index (κ3) is 2.54. The van der Waals surface area contributed by atoms with Crippen molar-refractivity contribution in [2.45, 2.75) is 0 Å². The van der Waals surface area contributed by atoms with E-state index in [9.17, 15) is 14.0 Å². The Morgan fingerprint density at radius 1 is 1.17 bits per heavy atom. The first-order valence-corrected chi connectivity index (χ1v) is 5.83. The van der Waals surface area contributed by atoms with Gasteiger partial charge in [-0.1, -0.05) is 0 Å². The minimum Gasteiger partial charge on any atom is -0.477 e. The number of carbonyl (C=O) groups excluding carboxylic acids is 1. The van der Waals surface area contributed by atoms with Gasteiger partial charge in [-0.15, -0.1) is 11.3 Å². The number of nitrogens with one attached hydrogen (secondary N) is 1. The Morgan fingerprint density at radius 3 is 2.44 bits per heavy atom. The van der Waals surface area contributed by atoms with Gasteiger partial charge in [0.25, 0.3) is 5.91 Å². The first kappa shape index (κ1) is 12.3. The maximum absolute atomic E-state index is 12.7. The number of benzene rings is 1. The Morgan fingerprint density at radius 2 is 1.83 bits per heavy atom. The topological polar surface area (TPSA) is 66.4 Å².